The minimum Gasteiger partial charge on any atom is -0.490 e. The van der Waals surface area contributed by atoms with E-state index >= 15 is 0 Å². The van der Waals surface area contributed by atoms with Crippen LogP contribution in [0, 0.1) is 5.41 Å². The smallest absolute Gasteiger partial charge is 0.410 e. The predicted octanol–water partition coefficient (Wildman–Crippen LogP) is 3.06. The Labute approximate surface area is 221 Å². The predicted molar refractivity (Wildman–Crippen MR) is 135 cm³/mol. The highest BCUT2D eigenvalue weighted by Gasteiger charge is 2.46. The molecule has 1 saturated heterocycles. The summed E-state index contributed by atoms with van der Waals surface area (Å²) in [6.45, 7) is 6.47. The number of nitrogens with zero attached hydrogens (tertiary/aromatic N) is 2. The Morgan fingerprint density at radius 1 is 1.08 bits per heavy atom. The first kappa shape index (κ1) is 27.3. The molecule has 1 aromatic rings. The largest absolute Gasteiger partial charge is 0.490 e. The van der Waals surface area contributed by atoms with Crippen LogP contribution < -0.4 is 10.1 Å². The molecule has 0 aliphatic carbocycles. The molecule has 11 heteroatoms. The number of carboxylic acids is 1. The number of nitrogens with one attached hydrogen (secondary N) is 1. The highest BCUT2D eigenvalue weighted by molar-refractivity contribution is 5.90. The van der Waals surface area contributed by atoms with E-state index < -0.39 is 47.7 Å². The summed E-state index contributed by atoms with van der Waals surface area (Å²) in [6.07, 6.45) is 2.92. The summed E-state index contributed by atoms with van der Waals surface area (Å²) in [5.41, 5.74) is 1.21. The number of amides is 3. The van der Waals surface area contributed by atoms with Gasteiger partial charge in [0.1, 0.15) is 30.5 Å². The lowest BCUT2D eigenvalue weighted by molar-refractivity contribution is -0.150. The van der Waals surface area contributed by atoms with Crippen LogP contribution in [0.3, 0.4) is 0 Å². The van der Waals surface area contributed by atoms with Crippen LogP contribution in [-0.4, -0.2) is 76.9 Å². The molecule has 0 aromatic heterocycles. The summed E-state index contributed by atoms with van der Waals surface area (Å²) in [7, 11) is 0. The van der Waals surface area contributed by atoms with E-state index in [9.17, 15) is 24.3 Å². The number of alkyl carbamates (subject to hydrolysis) is 1. The fourth-order valence-corrected chi connectivity index (χ4v) is 4.84. The zero-order valence-corrected chi connectivity index (χ0v) is 22.0. The van der Waals surface area contributed by atoms with Crippen LogP contribution >= 0.6 is 0 Å². The van der Waals surface area contributed by atoms with Gasteiger partial charge in [-0.1, -0.05) is 39.0 Å². The van der Waals surface area contributed by atoms with Crippen LogP contribution in [0.5, 0.6) is 5.75 Å². The summed E-state index contributed by atoms with van der Waals surface area (Å²) in [5.74, 6) is -1.08. The number of fused-ring (bicyclic) bond motifs is 4. The van der Waals surface area contributed by atoms with Crippen molar-refractivity contribution >= 4 is 24.1 Å². The van der Waals surface area contributed by atoms with Crippen molar-refractivity contribution in [2.24, 2.45) is 5.41 Å². The number of benzene rings is 1. The number of carbonyl (C=O) groups is 4. The lowest BCUT2D eigenvalue weighted by atomic mass is 9.85. The molecule has 1 fully saturated rings. The lowest BCUT2D eigenvalue weighted by Crippen LogP contribution is -2.57. The standard InChI is InChI=1S/C27H35N3O8/c1-27(2,3)22-23(31)30-16-20(13-21(30)24(32)33)38-26(35)29-14-17-8-9-19(12-18(17)15-29)36-10-6-4-5-7-11-37-25(34)28-22/h4,6,8-9,12,20-22H,5,7,10-11,13-16H2,1-3H3,(H,28,34)(H,32,33)/t20-,21?,22-/m1/s1. The molecule has 0 spiro atoms. The summed E-state index contributed by atoms with van der Waals surface area (Å²) in [5, 5.41) is 12.4. The van der Waals surface area contributed by atoms with Crippen molar-refractivity contribution in [2.45, 2.75) is 71.3 Å². The Morgan fingerprint density at radius 3 is 2.58 bits per heavy atom. The number of carboxylic acid groups (broad SMARTS) is 1. The van der Waals surface area contributed by atoms with Crippen molar-refractivity contribution in [1.29, 1.82) is 0 Å². The number of cyclic esters (lactones) is 1. The van der Waals surface area contributed by atoms with Crippen molar-refractivity contribution in [3.05, 3.63) is 41.5 Å². The number of allylic oxidation sites excluding steroid dienone is 1. The van der Waals surface area contributed by atoms with Gasteiger partial charge < -0.3 is 29.5 Å². The Morgan fingerprint density at radius 2 is 1.84 bits per heavy atom. The van der Waals surface area contributed by atoms with Gasteiger partial charge in [0.2, 0.25) is 5.91 Å². The number of ether oxygens (including phenoxy) is 3. The van der Waals surface area contributed by atoms with E-state index in [0.29, 0.717) is 38.3 Å². The van der Waals surface area contributed by atoms with Crippen molar-refractivity contribution in [2.75, 3.05) is 19.8 Å². The topological polar surface area (TPSA) is 135 Å². The fraction of sp³-hybridized carbons (Fsp3) is 0.556. The molecule has 1 aromatic carbocycles. The molecule has 5 bridgehead atoms. The second kappa shape index (κ2) is 11.3. The lowest BCUT2D eigenvalue weighted by Gasteiger charge is -2.34. The number of carbonyl (C=O) groups excluding carboxylic acids is 3. The molecular formula is C27H35N3O8. The van der Waals surface area contributed by atoms with Gasteiger partial charge in [-0.3, -0.25) is 9.69 Å². The quantitative estimate of drug-likeness (QED) is 0.530. The van der Waals surface area contributed by atoms with Gasteiger partial charge in [0, 0.05) is 19.5 Å². The van der Waals surface area contributed by atoms with E-state index in [4.69, 9.17) is 14.2 Å². The summed E-state index contributed by atoms with van der Waals surface area (Å²) < 4.78 is 16.7. The van der Waals surface area contributed by atoms with E-state index in [0.717, 1.165) is 11.1 Å². The molecule has 206 valence electrons. The molecule has 3 atom stereocenters. The van der Waals surface area contributed by atoms with Crippen LogP contribution in [0.15, 0.2) is 30.4 Å². The summed E-state index contributed by atoms with van der Waals surface area (Å²) in [6, 6.07) is 3.45. The van der Waals surface area contributed by atoms with Crippen LogP contribution in [0.25, 0.3) is 0 Å². The number of hydrogen-bond donors (Lipinski definition) is 2. The minimum atomic E-state index is -1.20. The zero-order valence-electron chi connectivity index (χ0n) is 22.0. The second-order valence-electron chi connectivity index (χ2n) is 10.9. The van der Waals surface area contributed by atoms with E-state index in [2.05, 4.69) is 5.32 Å². The third-order valence-electron chi connectivity index (χ3n) is 6.89. The van der Waals surface area contributed by atoms with Crippen molar-refractivity contribution in [3.63, 3.8) is 0 Å². The highest BCUT2D eigenvalue weighted by Crippen LogP contribution is 2.30. The fourth-order valence-electron chi connectivity index (χ4n) is 4.84. The minimum absolute atomic E-state index is 0.0418. The maximum absolute atomic E-state index is 13.6. The van der Waals surface area contributed by atoms with E-state index in [1.54, 1.807) is 20.8 Å². The first-order valence-corrected chi connectivity index (χ1v) is 12.8. The van der Waals surface area contributed by atoms with Gasteiger partial charge >= 0.3 is 18.2 Å². The van der Waals surface area contributed by atoms with Crippen LogP contribution in [-0.2, 0) is 32.2 Å². The van der Waals surface area contributed by atoms with Gasteiger partial charge in [-0.25, -0.2) is 14.4 Å². The molecular weight excluding hydrogens is 494 g/mol. The molecule has 0 radical (unpaired) electrons. The average molecular weight is 530 g/mol. The molecule has 0 saturated carbocycles. The van der Waals surface area contributed by atoms with E-state index in [1.165, 1.54) is 9.80 Å². The second-order valence-corrected chi connectivity index (χ2v) is 10.9. The molecule has 11 nitrogen and oxygen atoms in total. The monoisotopic (exact) mass is 529 g/mol. The van der Waals surface area contributed by atoms with Gasteiger partial charge in [-0.2, -0.15) is 0 Å². The molecule has 3 aliphatic heterocycles. The molecule has 3 aliphatic rings. The normalized spacial score (nSPS) is 25.1. The van der Waals surface area contributed by atoms with Gasteiger partial charge in [0.05, 0.1) is 13.2 Å². The van der Waals surface area contributed by atoms with Gasteiger partial charge in [-0.05, 0) is 41.5 Å². The van der Waals surface area contributed by atoms with Crippen molar-refractivity contribution in [1.82, 2.24) is 15.1 Å². The molecule has 3 heterocycles. The average Bonchev–Trinajstić information content (AvgIpc) is 3.47. The van der Waals surface area contributed by atoms with Crippen molar-refractivity contribution < 1.29 is 38.5 Å². The maximum Gasteiger partial charge on any atom is 0.410 e. The first-order valence-electron chi connectivity index (χ1n) is 12.8. The van der Waals surface area contributed by atoms with Crippen LogP contribution in [0.2, 0.25) is 0 Å². The van der Waals surface area contributed by atoms with Gasteiger partial charge in [-0.15, -0.1) is 0 Å². The molecule has 4 rings (SSSR count). The third kappa shape index (κ3) is 6.38. The molecule has 2 N–H and O–H groups in total. The highest BCUT2D eigenvalue weighted by atomic mass is 16.6. The summed E-state index contributed by atoms with van der Waals surface area (Å²) >= 11 is 0. The number of aliphatic carboxylic acids is 1. The molecule has 38 heavy (non-hydrogen) atoms. The van der Waals surface area contributed by atoms with Crippen LogP contribution in [0.4, 0.5) is 9.59 Å². The van der Waals surface area contributed by atoms with E-state index in [1.807, 2.05) is 30.4 Å². The SMILES string of the molecule is CC(C)(C)[C@@H]1NC(=O)OCCCC=CCOc2ccc3c(c2)CN(C3)C(=O)O[C@@H]2CC(C(=O)O)N(C2)C1=O. The number of hydrogen-bond acceptors (Lipinski definition) is 7. The Bertz CT molecular complexity index is 1110. The maximum atomic E-state index is 13.6. The number of rotatable bonds is 1. The molecule has 3 amide bonds. The Kier molecular flexibility index (Phi) is 8.13. The molecule has 1 unspecified atom stereocenters. The van der Waals surface area contributed by atoms with Gasteiger partial charge in [0.15, 0.2) is 0 Å². The zero-order chi connectivity index (χ0) is 27.4. The Hall–Kier alpha value is -3.76. The van der Waals surface area contributed by atoms with E-state index in [-0.39, 0.29) is 19.6 Å². The van der Waals surface area contributed by atoms with Crippen molar-refractivity contribution in [3.8, 4) is 5.75 Å². The summed E-state index contributed by atoms with van der Waals surface area (Å²) in [4.78, 5) is 53.8. The van der Waals surface area contributed by atoms with Gasteiger partial charge in [0.25, 0.3) is 0 Å². The third-order valence-corrected chi connectivity index (χ3v) is 6.89. The Balaban J connectivity index is 1.55. The first-order chi connectivity index (χ1) is 18.0. The van der Waals surface area contributed by atoms with Crippen LogP contribution in [0.1, 0.15) is 51.2 Å².